The molecule has 0 aromatic carbocycles. The normalized spacial score (nSPS) is 11.6. The van der Waals surface area contributed by atoms with E-state index in [0.717, 1.165) is 0 Å². The van der Waals surface area contributed by atoms with Crippen molar-refractivity contribution < 1.29 is 75.7 Å². The van der Waals surface area contributed by atoms with Crippen molar-refractivity contribution in [2.45, 2.75) is 34.1 Å². The third-order valence-electron chi connectivity index (χ3n) is 5.40. The quantitative estimate of drug-likeness (QED) is 0.109. The molecular formula is C21H44O15. The van der Waals surface area contributed by atoms with E-state index in [0.29, 0.717) is 6.42 Å². The molecule has 0 aromatic heterocycles. The first-order valence-corrected chi connectivity index (χ1v) is 10.6. The maximum atomic E-state index is 10.2. The van der Waals surface area contributed by atoms with E-state index < -0.39 is 79.2 Å². The summed E-state index contributed by atoms with van der Waals surface area (Å²) in [5.74, 6) is -3.56. The summed E-state index contributed by atoms with van der Waals surface area (Å²) < 4.78 is 0. The van der Waals surface area contributed by atoms with Crippen LogP contribution in [-0.4, -0.2) is 139 Å². The molecule has 0 heterocycles. The van der Waals surface area contributed by atoms with Crippen molar-refractivity contribution in [2.75, 3.05) is 59.5 Å². The van der Waals surface area contributed by atoms with Crippen molar-refractivity contribution in [3.8, 4) is 0 Å². The molecule has 15 nitrogen and oxygen atoms in total. The van der Waals surface area contributed by atoms with Gasteiger partial charge >= 0.3 is 17.9 Å². The van der Waals surface area contributed by atoms with Crippen LogP contribution in [0, 0.1) is 21.7 Å². The average Bonchev–Trinajstić information content (AvgIpc) is 2.89. The molecule has 0 aliphatic rings. The molecule has 0 aliphatic carbocycles. The molecule has 0 saturated carbocycles. The second kappa shape index (κ2) is 20.1. The summed E-state index contributed by atoms with van der Waals surface area (Å²) in [6.07, 6.45) is 0.594. The van der Waals surface area contributed by atoms with Crippen molar-refractivity contribution >= 4 is 17.9 Å². The highest BCUT2D eigenvalue weighted by Gasteiger charge is 2.32. The molecule has 218 valence electrons. The Morgan fingerprint density at radius 3 is 0.611 bits per heavy atom. The molecule has 0 aliphatic heterocycles. The molecule has 0 bridgehead atoms. The molecule has 0 spiro atoms. The van der Waals surface area contributed by atoms with Gasteiger partial charge in [0.2, 0.25) is 0 Å². The summed E-state index contributed by atoms with van der Waals surface area (Å²) in [7, 11) is 0. The topological polar surface area (TPSA) is 294 Å². The van der Waals surface area contributed by atoms with Gasteiger partial charge in [0.15, 0.2) is 0 Å². The van der Waals surface area contributed by atoms with Gasteiger partial charge in [0.05, 0.1) is 59.5 Å². The van der Waals surface area contributed by atoms with E-state index in [4.69, 9.17) is 61.3 Å². The van der Waals surface area contributed by atoms with Gasteiger partial charge in [0, 0.05) is 5.41 Å². The molecule has 0 saturated heterocycles. The number of carboxylic acids is 3. The molecule has 0 atom stereocenters. The number of aliphatic hydroxyl groups is 9. The SMILES string of the molecule is CC(CO)(CO)C(=O)O.CC(CO)(CO)C(=O)O.CC(CO)(CO)C(=O)O.CCC(CO)(CO)CO. The van der Waals surface area contributed by atoms with Crippen LogP contribution in [0.1, 0.15) is 34.1 Å². The number of aliphatic carboxylic acids is 3. The Kier molecular flexibility index (Phi) is 23.0. The van der Waals surface area contributed by atoms with Crippen LogP contribution in [0.4, 0.5) is 0 Å². The zero-order valence-electron chi connectivity index (χ0n) is 21.2. The van der Waals surface area contributed by atoms with E-state index >= 15 is 0 Å². The lowest BCUT2D eigenvalue weighted by molar-refractivity contribution is -0.154. The maximum Gasteiger partial charge on any atom is 0.314 e. The van der Waals surface area contributed by atoms with Gasteiger partial charge in [0.25, 0.3) is 0 Å². The largest absolute Gasteiger partial charge is 0.481 e. The molecule has 0 rings (SSSR count). The average molecular weight is 537 g/mol. The molecule has 12 N–H and O–H groups in total. The molecule has 0 amide bonds. The predicted molar refractivity (Wildman–Crippen MR) is 124 cm³/mol. The third-order valence-corrected chi connectivity index (χ3v) is 5.40. The second-order valence-electron chi connectivity index (χ2n) is 8.87. The summed E-state index contributed by atoms with van der Waals surface area (Å²) in [5, 5.41) is 101. The van der Waals surface area contributed by atoms with Crippen molar-refractivity contribution in [3.63, 3.8) is 0 Å². The molecule has 0 unspecified atom stereocenters. The van der Waals surface area contributed by atoms with Gasteiger partial charge < -0.3 is 61.3 Å². The van der Waals surface area contributed by atoms with Gasteiger partial charge in [-0.05, 0) is 27.2 Å². The van der Waals surface area contributed by atoms with Crippen LogP contribution < -0.4 is 0 Å². The maximum absolute atomic E-state index is 10.2. The Morgan fingerprint density at radius 1 is 0.444 bits per heavy atom. The van der Waals surface area contributed by atoms with Crippen LogP contribution in [0.25, 0.3) is 0 Å². The van der Waals surface area contributed by atoms with Crippen LogP contribution in [0.15, 0.2) is 0 Å². The standard InChI is InChI=1S/C6H14O3.3C5H10O4/c1-2-6(3-7,4-8)5-9;3*1-5(2-6,3-7)4(8)9/h7-9H,2-5H2,1H3;3*6-7H,2-3H2,1H3,(H,8,9). The van der Waals surface area contributed by atoms with E-state index in [9.17, 15) is 14.4 Å². The molecule has 15 heteroatoms. The molecule has 0 aromatic rings. The van der Waals surface area contributed by atoms with Gasteiger partial charge in [-0.1, -0.05) is 6.92 Å². The fraction of sp³-hybridized carbons (Fsp3) is 0.857. The van der Waals surface area contributed by atoms with Crippen molar-refractivity contribution in [3.05, 3.63) is 0 Å². The van der Waals surface area contributed by atoms with Crippen molar-refractivity contribution in [2.24, 2.45) is 21.7 Å². The minimum absolute atomic E-state index is 0.156. The summed E-state index contributed by atoms with van der Waals surface area (Å²) >= 11 is 0. The lowest BCUT2D eigenvalue weighted by atomic mass is 9.88. The Bertz CT molecular complexity index is 508. The second-order valence-corrected chi connectivity index (χ2v) is 8.87. The molecule has 0 radical (unpaired) electrons. The zero-order chi connectivity index (χ0) is 29.8. The summed E-state index contributed by atoms with van der Waals surface area (Å²) in [6.45, 7) is 1.92. The molecular weight excluding hydrogens is 492 g/mol. The first-order chi connectivity index (χ1) is 16.4. The minimum atomic E-state index is -1.39. The molecule has 0 fully saturated rings. The highest BCUT2D eigenvalue weighted by atomic mass is 16.4. The minimum Gasteiger partial charge on any atom is -0.481 e. The number of hydrogen-bond donors (Lipinski definition) is 12. The van der Waals surface area contributed by atoms with Gasteiger partial charge in [-0.3, -0.25) is 14.4 Å². The lowest BCUT2D eigenvalue weighted by Crippen LogP contribution is -2.35. The number of carboxylic acid groups (broad SMARTS) is 3. The Balaban J connectivity index is -0.000000190. The predicted octanol–water partition coefficient (Wildman–Crippen LogP) is -3.45. The van der Waals surface area contributed by atoms with E-state index in [2.05, 4.69) is 0 Å². The Hall–Kier alpha value is -1.95. The van der Waals surface area contributed by atoms with Gasteiger partial charge in [-0.25, -0.2) is 0 Å². The summed E-state index contributed by atoms with van der Waals surface area (Å²) in [4.78, 5) is 30.5. The summed E-state index contributed by atoms with van der Waals surface area (Å²) in [6, 6.07) is 0. The lowest BCUT2D eigenvalue weighted by Gasteiger charge is -2.24. The van der Waals surface area contributed by atoms with E-state index in [1.807, 2.05) is 6.92 Å². The number of carbonyl (C=O) groups is 3. The number of hydrogen-bond acceptors (Lipinski definition) is 12. The van der Waals surface area contributed by atoms with Gasteiger partial charge in [0.1, 0.15) is 16.2 Å². The fourth-order valence-corrected chi connectivity index (χ4v) is 1.04. The smallest absolute Gasteiger partial charge is 0.314 e. The zero-order valence-corrected chi connectivity index (χ0v) is 21.2. The number of rotatable bonds is 13. The van der Waals surface area contributed by atoms with Crippen LogP contribution in [0.3, 0.4) is 0 Å². The van der Waals surface area contributed by atoms with E-state index in [-0.39, 0.29) is 19.8 Å². The van der Waals surface area contributed by atoms with Gasteiger partial charge in [-0.2, -0.15) is 0 Å². The first-order valence-electron chi connectivity index (χ1n) is 10.6. The Labute approximate surface area is 209 Å². The van der Waals surface area contributed by atoms with Crippen LogP contribution in [-0.2, 0) is 14.4 Å². The highest BCUT2D eigenvalue weighted by molar-refractivity contribution is 5.75. The van der Waals surface area contributed by atoms with Crippen molar-refractivity contribution in [1.29, 1.82) is 0 Å². The molecule has 36 heavy (non-hydrogen) atoms. The van der Waals surface area contributed by atoms with Gasteiger partial charge in [-0.15, -0.1) is 0 Å². The van der Waals surface area contributed by atoms with E-state index in [1.165, 1.54) is 20.8 Å². The Morgan fingerprint density at radius 2 is 0.611 bits per heavy atom. The monoisotopic (exact) mass is 536 g/mol. The van der Waals surface area contributed by atoms with E-state index in [1.54, 1.807) is 0 Å². The highest BCUT2D eigenvalue weighted by Crippen LogP contribution is 2.18. The fourth-order valence-electron chi connectivity index (χ4n) is 1.04. The number of aliphatic hydroxyl groups excluding tert-OH is 9. The van der Waals surface area contributed by atoms with Crippen LogP contribution in [0.5, 0.6) is 0 Å². The summed E-state index contributed by atoms with van der Waals surface area (Å²) in [5.41, 5.74) is -4.83. The van der Waals surface area contributed by atoms with Crippen LogP contribution >= 0.6 is 0 Å². The third kappa shape index (κ3) is 14.6. The van der Waals surface area contributed by atoms with Crippen molar-refractivity contribution in [1.82, 2.24) is 0 Å². The van der Waals surface area contributed by atoms with Crippen LogP contribution in [0.2, 0.25) is 0 Å². The first kappa shape index (κ1) is 41.2.